The molecular weight excluding hydrogens is 696 g/mol. The zero-order chi connectivity index (χ0) is 25.4. The molecule has 0 amide bonds. The van der Waals surface area contributed by atoms with Gasteiger partial charge in [0.05, 0.1) is 32.9 Å². The Hall–Kier alpha value is 0.720. The van der Waals surface area contributed by atoms with Gasteiger partial charge < -0.3 is 33.4 Å². The molecule has 0 saturated heterocycles. The van der Waals surface area contributed by atoms with Gasteiger partial charge in [0.2, 0.25) is 11.8 Å². The summed E-state index contributed by atoms with van der Waals surface area (Å²) in [6, 6.07) is 14.2. The number of ether oxygens (including phenoxy) is 1. The monoisotopic (exact) mass is 756 g/mol. The van der Waals surface area contributed by atoms with E-state index >= 15 is 0 Å². The van der Waals surface area contributed by atoms with Crippen molar-refractivity contribution in [2.45, 2.75) is 65.8 Å². The van der Waals surface area contributed by atoms with Crippen LogP contribution in [0.4, 0.5) is 0 Å². The van der Waals surface area contributed by atoms with E-state index in [9.17, 15) is 18.9 Å². The van der Waals surface area contributed by atoms with Crippen molar-refractivity contribution in [3.63, 3.8) is 0 Å². The molecule has 45 heavy (non-hydrogen) atoms. The largest absolute Gasteiger partial charge is 1.00 e. The first-order chi connectivity index (χ1) is 15.8. The third-order valence-corrected chi connectivity index (χ3v) is 7.70. The van der Waals surface area contributed by atoms with Gasteiger partial charge in [0, 0.05) is 6.54 Å². The predicted octanol–water partition coefficient (Wildman–Crippen LogP) is 0.820. The zero-order valence-corrected chi connectivity index (χ0v) is 30.1. The number of methoxy groups -OCH3 is 1. The van der Waals surface area contributed by atoms with Crippen LogP contribution in [-0.4, -0.2) is 59.0 Å². The molecule has 18 heteroatoms. The molecule has 0 heterocycles. The van der Waals surface area contributed by atoms with Crippen molar-refractivity contribution in [2.75, 3.05) is 33.3 Å². The molecule has 2 N–H and O–H groups in total. The Morgan fingerprint density at radius 3 is 1.62 bits per heavy atom. The minimum absolute atomic E-state index is 0. The number of nitrogens with zero attached hydrogens (tertiary/aromatic N) is 3. The molecule has 2 aromatic rings. The fraction of sp³-hybridized carbons (Fsp3) is 0.519. The number of hydrogen-bond acceptors (Lipinski definition) is 9. The van der Waals surface area contributed by atoms with E-state index in [0.29, 0.717) is 5.75 Å². The summed E-state index contributed by atoms with van der Waals surface area (Å²) in [4.78, 5) is 41.2. The van der Waals surface area contributed by atoms with E-state index in [2.05, 4.69) is 5.10 Å². The van der Waals surface area contributed by atoms with Crippen LogP contribution in [0.2, 0.25) is 0 Å². The number of hydrogen-bond donors (Lipinski definition) is 2. The van der Waals surface area contributed by atoms with Gasteiger partial charge in [-0.3, -0.25) is 9.42 Å². The van der Waals surface area contributed by atoms with Crippen LogP contribution >= 0.6 is 32.2 Å². The predicted molar refractivity (Wildman–Crippen MR) is 194 cm³/mol. The van der Waals surface area contributed by atoms with Gasteiger partial charge in [-0.1, -0.05) is 76.3 Å². The third kappa shape index (κ3) is 31.7. The minimum atomic E-state index is -4.74. The number of benzene rings is 2. The van der Waals surface area contributed by atoms with E-state index in [0.717, 1.165) is 21.8 Å². The molecule has 4 atom stereocenters. The molecule has 0 bridgehead atoms. The van der Waals surface area contributed by atoms with Crippen molar-refractivity contribution in [1.82, 2.24) is 9.68 Å². The fourth-order valence-corrected chi connectivity index (χ4v) is 5.32. The third-order valence-electron chi connectivity index (χ3n) is 4.31. The summed E-state index contributed by atoms with van der Waals surface area (Å²) in [6.07, 6.45) is 0.157. The molecule has 0 aliphatic carbocycles. The standard InChI is InChI=1S/C19H26N3O8P3S.8CH4.2Na.H3P/c1-21(20-13-17-5-7-18(29-2)8-6-17)31(34)30-19-9-3-16(4-10-19)11-12-22(14-32(23,24)25)15-33(26,27)28;;;;;;;;;;;/h3-10,13H,11-12,14-15H2,1-2H3,(H3-,23,24,25,26,27,28);8*1H4;;;1H3/q;;;;;;;;;2*+1;/p-1/b20-13+;;;;;;;;;;;. The van der Waals surface area contributed by atoms with Crippen LogP contribution in [0, 0.1) is 0 Å². The second kappa shape index (κ2) is 34.6. The fourth-order valence-electron chi connectivity index (χ4n) is 2.73. The molecule has 0 aliphatic heterocycles. The first kappa shape index (κ1) is 71.7. The maximum atomic E-state index is 11.1. The summed E-state index contributed by atoms with van der Waals surface area (Å²) in [5.74, 6) is 1.25. The summed E-state index contributed by atoms with van der Waals surface area (Å²) >= 11 is 5.38. The van der Waals surface area contributed by atoms with Gasteiger partial charge in [-0.25, -0.2) is 0 Å². The Kier molecular flexibility index (Phi) is 55.1. The van der Waals surface area contributed by atoms with Crippen molar-refractivity contribution in [1.29, 1.82) is 0 Å². The zero-order valence-electron chi connectivity index (χ0n) is 21.2. The average molecular weight is 757 g/mol. The van der Waals surface area contributed by atoms with Gasteiger partial charge in [0.25, 0.3) is 0 Å². The summed E-state index contributed by atoms with van der Waals surface area (Å²) in [5, 5.41) is 4.29. The van der Waals surface area contributed by atoms with Crippen molar-refractivity contribution < 1.29 is 97.1 Å². The van der Waals surface area contributed by atoms with E-state index in [1.807, 2.05) is 24.3 Å². The van der Waals surface area contributed by atoms with Gasteiger partial charge in [-0.2, -0.15) is 9.90 Å². The summed E-state index contributed by atoms with van der Waals surface area (Å²) in [7, 11) is -7.67. The summed E-state index contributed by atoms with van der Waals surface area (Å²) in [5.41, 5.74) is 1.63. The normalized spacial score (nSPS) is 11.8. The number of hydrazone groups is 1. The van der Waals surface area contributed by atoms with E-state index < -0.39 is 34.8 Å². The quantitative estimate of drug-likeness (QED) is 0.129. The van der Waals surface area contributed by atoms with E-state index in [4.69, 9.17) is 30.9 Å². The van der Waals surface area contributed by atoms with Gasteiger partial charge in [0.1, 0.15) is 20.9 Å². The molecule has 4 unspecified atom stereocenters. The molecule has 258 valence electrons. The SMILES string of the molecule is C.C.C.C.C.C.C.C.COc1ccc(/C=N/N(C)[P+](=S)Oc2ccc(CCN(CP(=O)([O-])O)CP(=O)([O-])O)cc2)cc1.P.[Na+].[Na+]. The second-order valence-electron chi connectivity index (χ2n) is 7.18. The van der Waals surface area contributed by atoms with Crippen LogP contribution in [0.25, 0.3) is 0 Å². The molecule has 0 radical (unpaired) electrons. The summed E-state index contributed by atoms with van der Waals surface area (Å²) in [6.45, 7) is -0.0175. The van der Waals surface area contributed by atoms with Crippen molar-refractivity contribution in [3.8, 4) is 11.5 Å². The average Bonchev–Trinajstić information content (AvgIpc) is 2.75. The molecule has 0 fully saturated rings. The maximum absolute atomic E-state index is 11.1. The molecule has 0 saturated carbocycles. The van der Waals surface area contributed by atoms with E-state index in [-0.39, 0.29) is 141 Å². The first-order valence-electron chi connectivity index (χ1n) is 9.78. The van der Waals surface area contributed by atoms with Crippen molar-refractivity contribution in [2.24, 2.45) is 5.10 Å². The van der Waals surface area contributed by atoms with Crippen LogP contribution in [0.5, 0.6) is 11.5 Å². The van der Waals surface area contributed by atoms with Crippen molar-refractivity contribution >= 4 is 50.2 Å². The molecule has 0 aromatic heterocycles. The Morgan fingerprint density at radius 1 is 0.844 bits per heavy atom. The van der Waals surface area contributed by atoms with Crippen molar-refractivity contribution in [3.05, 3.63) is 59.7 Å². The van der Waals surface area contributed by atoms with Gasteiger partial charge in [-0.15, -0.1) is 5.10 Å². The Morgan fingerprint density at radius 2 is 1.24 bits per heavy atom. The Labute approximate surface area is 329 Å². The van der Waals surface area contributed by atoms with Gasteiger partial charge in [0.15, 0.2) is 5.75 Å². The molecule has 11 nitrogen and oxygen atoms in total. The van der Waals surface area contributed by atoms with Crippen LogP contribution in [0.15, 0.2) is 53.6 Å². The van der Waals surface area contributed by atoms with Gasteiger partial charge >= 0.3 is 66.2 Å². The van der Waals surface area contributed by atoms with Crippen LogP contribution in [-0.2, 0) is 27.4 Å². The maximum Gasteiger partial charge on any atom is 1.00 e. The van der Waals surface area contributed by atoms with E-state index in [1.165, 1.54) is 4.78 Å². The summed E-state index contributed by atoms with van der Waals surface area (Å²) < 4.78 is 34.6. The van der Waals surface area contributed by atoms with E-state index in [1.54, 1.807) is 44.6 Å². The van der Waals surface area contributed by atoms with Crippen LogP contribution in [0.1, 0.15) is 70.5 Å². The molecule has 0 aliphatic rings. The number of rotatable bonds is 13. The Bertz CT molecular complexity index is 1070. The molecule has 0 spiro atoms. The van der Waals surface area contributed by atoms with Crippen LogP contribution < -0.4 is 78.2 Å². The van der Waals surface area contributed by atoms with Gasteiger partial charge in [-0.05, 0) is 53.9 Å². The molecular formula is C27H60N3Na2O8P4S+. The van der Waals surface area contributed by atoms with Crippen LogP contribution in [0.3, 0.4) is 0 Å². The first-order valence-corrected chi connectivity index (χ1v) is 15.5. The second-order valence-corrected chi connectivity index (χ2v) is 12.5. The topological polar surface area (TPSA) is 158 Å². The Balaban J connectivity index is -0.000000139. The smallest absolute Gasteiger partial charge is 0.778 e. The molecule has 2 rings (SSSR count). The molecule has 2 aromatic carbocycles. The minimum Gasteiger partial charge on any atom is -0.778 e.